The van der Waals surface area contributed by atoms with Crippen LogP contribution in [0.2, 0.25) is 10.0 Å². The number of imide groups is 1. The number of nitrogens with zero attached hydrogens (tertiary/aromatic N) is 1. The zero-order chi connectivity index (χ0) is 27.4. The van der Waals surface area contributed by atoms with Crippen molar-refractivity contribution in [1.29, 1.82) is 0 Å². The highest BCUT2D eigenvalue weighted by Crippen LogP contribution is 2.31. The molecule has 0 fully saturated rings. The number of hydrogen-bond donors (Lipinski definition) is 2. The molecule has 4 rings (SSSR count). The summed E-state index contributed by atoms with van der Waals surface area (Å²) in [6.45, 7) is 0. The molecule has 3 amide bonds. The topological polar surface area (TPSA) is 114 Å². The first-order valence-electron chi connectivity index (χ1n) is 10.5. The number of aromatic nitrogens is 1. The van der Waals surface area contributed by atoms with Gasteiger partial charge in [0.1, 0.15) is 11.6 Å². The fourth-order valence-electron chi connectivity index (χ4n) is 3.16. The Balaban J connectivity index is 1.41. The Kier molecular flexibility index (Phi) is 8.32. The summed E-state index contributed by atoms with van der Waals surface area (Å²) in [7, 11) is -3.74. The molecule has 0 unspecified atom stereocenters. The number of anilines is 1. The van der Waals surface area contributed by atoms with Gasteiger partial charge in [-0.3, -0.25) is 10.1 Å². The van der Waals surface area contributed by atoms with Crippen LogP contribution in [-0.2, 0) is 9.84 Å². The molecule has 1 heterocycles. The van der Waals surface area contributed by atoms with E-state index < -0.39 is 33.2 Å². The average molecular weight is 639 g/mol. The summed E-state index contributed by atoms with van der Waals surface area (Å²) in [4.78, 5) is 28.7. The lowest BCUT2D eigenvalue weighted by atomic mass is 10.2. The molecule has 0 atom stereocenters. The lowest BCUT2D eigenvalue weighted by Gasteiger charge is -2.11. The summed E-state index contributed by atoms with van der Waals surface area (Å²) in [5.41, 5.74) is -0.266. The molecule has 0 aliphatic rings. The van der Waals surface area contributed by atoms with Crippen LogP contribution in [0.5, 0.6) is 11.6 Å². The van der Waals surface area contributed by atoms with Gasteiger partial charge in [-0.2, -0.15) is 0 Å². The second kappa shape index (κ2) is 11.5. The molecule has 2 N–H and O–H groups in total. The maximum atomic E-state index is 13.9. The third-order valence-electron chi connectivity index (χ3n) is 4.95. The van der Waals surface area contributed by atoms with Gasteiger partial charge < -0.3 is 10.1 Å². The van der Waals surface area contributed by atoms with Crippen LogP contribution in [0.1, 0.15) is 10.4 Å². The molecule has 0 aliphatic heterocycles. The molecule has 38 heavy (non-hydrogen) atoms. The molecule has 8 nitrogen and oxygen atoms in total. The SMILES string of the molecule is O=C(NC(=O)c1c(F)cccc1Cl)Nc1cnc(Oc2ccc(S(=O)(=O)c3ccc(Cl)cc3)cc2)c(Br)c1. The summed E-state index contributed by atoms with van der Waals surface area (Å²) < 4.78 is 45.5. The summed E-state index contributed by atoms with van der Waals surface area (Å²) >= 11 is 15.0. The Morgan fingerprint density at radius 1 is 0.947 bits per heavy atom. The van der Waals surface area contributed by atoms with Crippen molar-refractivity contribution in [1.82, 2.24) is 10.3 Å². The smallest absolute Gasteiger partial charge is 0.326 e. The summed E-state index contributed by atoms with van der Waals surface area (Å²) in [5, 5.41) is 4.67. The molecular weight excluding hydrogens is 624 g/mol. The summed E-state index contributed by atoms with van der Waals surface area (Å²) in [6.07, 6.45) is 1.26. The minimum absolute atomic E-state index is 0.0657. The summed E-state index contributed by atoms with van der Waals surface area (Å²) in [6, 6.07) is 15.8. The van der Waals surface area contributed by atoms with E-state index in [0.29, 0.717) is 15.2 Å². The fourth-order valence-corrected chi connectivity index (χ4v) is 5.23. The van der Waals surface area contributed by atoms with E-state index in [9.17, 15) is 22.4 Å². The molecule has 0 radical (unpaired) electrons. The van der Waals surface area contributed by atoms with Crippen LogP contribution >= 0.6 is 39.1 Å². The number of pyridine rings is 1. The number of carbonyl (C=O) groups is 2. The van der Waals surface area contributed by atoms with Crippen molar-refractivity contribution in [3.05, 3.63) is 105 Å². The van der Waals surface area contributed by atoms with Crippen LogP contribution in [0, 0.1) is 5.82 Å². The number of benzene rings is 3. The van der Waals surface area contributed by atoms with Crippen LogP contribution in [-0.4, -0.2) is 25.3 Å². The Labute approximate surface area is 234 Å². The highest BCUT2D eigenvalue weighted by Gasteiger charge is 2.19. The van der Waals surface area contributed by atoms with Crippen LogP contribution in [0.25, 0.3) is 0 Å². The quantitative estimate of drug-likeness (QED) is 0.238. The van der Waals surface area contributed by atoms with Crippen molar-refractivity contribution in [2.45, 2.75) is 9.79 Å². The van der Waals surface area contributed by atoms with Gasteiger partial charge in [-0.15, -0.1) is 0 Å². The minimum atomic E-state index is -3.74. The summed E-state index contributed by atoms with van der Waals surface area (Å²) in [5.74, 6) is -1.46. The van der Waals surface area contributed by atoms with Crippen LogP contribution < -0.4 is 15.4 Å². The van der Waals surface area contributed by atoms with E-state index in [2.05, 4.69) is 26.2 Å². The zero-order valence-electron chi connectivity index (χ0n) is 18.9. The average Bonchev–Trinajstić information content (AvgIpc) is 2.86. The number of rotatable bonds is 6. The number of sulfone groups is 1. The van der Waals surface area contributed by atoms with E-state index in [0.717, 1.165) is 6.07 Å². The number of carbonyl (C=O) groups excluding carboxylic acids is 2. The van der Waals surface area contributed by atoms with Gasteiger partial charge in [0.25, 0.3) is 5.91 Å². The first kappa shape index (κ1) is 27.5. The fraction of sp³-hybridized carbons (Fsp3) is 0. The van der Waals surface area contributed by atoms with Crippen LogP contribution in [0.4, 0.5) is 14.9 Å². The molecule has 0 spiro atoms. The van der Waals surface area contributed by atoms with Crippen molar-refractivity contribution in [3.63, 3.8) is 0 Å². The van der Waals surface area contributed by atoms with Gasteiger partial charge in [-0.25, -0.2) is 22.6 Å². The number of nitrogens with one attached hydrogen (secondary N) is 2. The third-order valence-corrected chi connectivity index (χ3v) is 7.88. The van der Waals surface area contributed by atoms with E-state index in [-0.39, 0.29) is 26.4 Å². The van der Waals surface area contributed by atoms with Crippen LogP contribution in [0.3, 0.4) is 0 Å². The van der Waals surface area contributed by atoms with E-state index in [1.807, 2.05) is 5.32 Å². The third kappa shape index (κ3) is 6.30. The second-order valence-corrected chi connectivity index (χ2v) is 11.2. The molecular formula is C25H15BrCl2FN3O5S. The predicted molar refractivity (Wildman–Crippen MR) is 143 cm³/mol. The van der Waals surface area contributed by atoms with Crippen molar-refractivity contribution < 1.29 is 27.1 Å². The van der Waals surface area contributed by atoms with Crippen molar-refractivity contribution in [2.24, 2.45) is 0 Å². The van der Waals surface area contributed by atoms with Crippen molar-refractivity contribution in [2.75, 3.05) is 5.32 Å². The van der Waals surface area contributed by atoms with Crippen molar-refractivity contribution in [3.8, 4) is 11.6 Å². The zero-order valence-corrected chi connectivity index (χ0v) is 22.8. The highest BCUT2D eigenvalue weighted by molar-refractivity contribution is 9.10. The largest absolute Gasteiger partial charge is 0.438 e. The maximum Gasteiger partial charge on any atom is 0.326 e. The Morgan fingerprint density at radius 2 is 1.58 bits per heavy atom. The van der Waals surface area contributed by atoms with E-state index >= 15 is 0 Å². The Bertz CT molecular complexity index is 1620. The lowest BCUT2D eigenvalue weighted by Crippen LogP contribution is -2.35. The van der Waals surface area contributed by atoms with E-state index in [4.69, 9.17) is 27.9 Å². The first-order chi connectivity index (χ1) is 18.0. The lowest BCUT2D eigenvalue weighted by molar-refractivity contribution is 0.0963. The molecule has 1 aromatic heterocycles. The number of hydrogen-bond acceptors (Lipinski definition) is 6. The van der Waals surface area contributed by atoms with Gasteiger partial charge in [-0.1, -0.05) is 29.3 Å². The van der Waals surface area contributed by atoms with Gasteiger partial charge in [0, 0.05) is 5.02 Å². The van der Waals surface area contributed by atoms with Gasteiger partial charge >= 0.3 is 6.03 Å². The molecule has 13 heteroatoms. The normalized spacial score (nSPS) is 11.1. The predicted octanol–water partition coefficient (Wildman–Crippen LogP) is 6.88. The molecule has 0 saturated heterocycles. The molecule has 4 aromatic rings. The second-order valence-electron chi connectivity index (χ2n) is 7.55. The molecule has 0 bridgehead atoms. The van der Waals surface area contributed by atoms with Gasteiger partial charge in [0.2, 0.25) is 15.7 Å². The standard InChI is InChI=1S/C25H15BrCl2FN3O5S/c26-19-12-15(31-25(34)32-23(33)22-20(28)2-1-3-21(22)29)13-30-24(19)37-16-6-10-18(11-7-16)38(35,36)17-8-4-14(27)5-9-17/h1-13H,(H2,31,32,33,34). The number of amides is 3. The maximum absolute atomic E-state index is 13.9. The molecule has 3 aromatic carbocycles. The van der Waals surface area contributed by atoms with E-state index in [1.54, 1.807) is 0 Å². The van der Waals surface area contributed by atoms with Gasteiger partial charge in [-0.05, 0) is 82.7 Å². The number of ether oxygens (including phenoxy) is 1. The monoisotopic (exact) mass is 637 g/mol. The van der Waals surface area contributed by atoms with Crippen LogP contribution in [0.15, 0.2) is 93.3 Å². The van der Waals surface area contributed by atoms with E-state index in [1.165, 1.54) is 72.9 Å². The number of urea groups is 1. The highest BCUT2D eigenvalue weighted by atomic mass is 79.9. The molecule has 194 valence electrons. The van der Waals surface area contributed by atoms with Gasteiger partial charge in [0.15, 0.2) is 0 Å². The van der Waals surface area contributed by atoms with Gasteiger partial charge in [0.05, 0.1) is 36.7 Å². The molecule has 0 saturated carbocycles. The first-order valence-corrected chi connectivity index (χ1v) is 13.6. The minimum Gasteiger partial charge on any atom is -0.438 e. The number of halogens is 4. The van der Waals surface area contributed by atoms with Crippen molar-refractivity contribution >= 4 is 66.6 Å². The Morgan fingerprint density at radius 3 is 2.18 bits per heavy atom. The molecule has 0 aliphatic carbocycles. The Hall–Kier alpha value is -3.51.